The Balaban J connectivity index is 0.00000182. The Labute approximate surface area is 154 Å². The fraction of sp³-hybridized carbons (Fsp3) is 0.450. The zero-order valence-electron chi connectivity index (χ0n) is 14.5. The van der Waals surface area contributed by atoms with Crippen molar-refractivity contribution in [2.24, 2.45) is 0 Å². The number of carbonyl (C=O) groups is 1. The van der Waals surface area contributed by atoms with E-state index in [4.69, 9.17) is 4.74 Å². The number of rotatable bonds is 4. The summed E-state index contributed by atoms with van der Waals surface area (Å²) in [5, 5.41) is 5.80. The third kappa shape index (κ3) is 3.75. The molecule has 2 aliphatic rings. The summed E-state index contributed by atoms with van der Waals surface area (Å²) >= 11 is 0. The van der Waals surface area contributed by atoms with Crippen LogP contribution in [0, 0.1) is 0 Å². The molecule has 4 nitrogen and oxygen atoms in total. The zero-order chi connectivity index (χ0) is 16.5. The van der Waals surface area contributed by atoms with E-state index in [0.29, 0.717) is 18.1 Å². The number of piperidine rings is 1. The second kappa shape index (κ2) is 7.63. The first-order chi connectivity index (χ1) is 11.7. The molecule has 0 spiro atoms. The first kappa shape index (κ1) is 18.0. The van der Waals surface area contributed by atoms with E-state index in [1.54, 1.807) is 0 Å². The van der Waals surface area contributed by atoms with Crippen LogP contribution in [0.4, 0.5) is 0 Å². The second-order valence-corrected chi connectivity index (χ2v) is 7.03. The smallest absolute Gasteiger partial charge is 0.260 e. The minimum absolute atomic E-state index is 0. The van der Waals surface area contributed by atoms with E-state index in [2.05, 4.69) is 17.4 Å². The van der Waals surface area contributed by atoms with Crippen LogP contribution in [-0.2, 0) is 4.79 Å². The van der Waals surface area contributed by atoms with Crippen molar-refractivity contribution in [3.05, 3.63) is 42.5 Å². The molecule has 2 heterocycles. The lowest BCUT2D eigenvalue weighted by atomic mass is 9.98. The van der Waals surface area contributed by atoms with Crippen LogP contribution in [0.25, 0.3) is 10.8 Å². The average molecular weight is 361 g/mol. The fourth-order valence-electron chi connectivity index (χ4n) is 4.11. The third-order valence-corrected chi connectivity index (χ3v) is 5.49. The Morgan fingerprint density at radius 3 is 2.56 bits per heavy atom. The summed E-state index contributed by atoms with van der Waals surface area (Å²) < 4.78 is 5.86. The molecule has 0 radical (unpaired) electrons. The Hall–Kier alpha value is -1.78. The van der Waals surface area contributed by atoms with E-state index in [-0.39, 0.29) is 24.9 Å². The number of amides is 1. The molecule has 134 valence electrons. The maximum atomic E-state index is 12.6. The summed E-state index contributed by atoms with van der Waals surface area (Å²) in [6.07, 6.45) is 4.62. The molecule has 2 aliphatic heterocycles. The van der Waals surface area contributed by atoms with Crippen LogP contribution in [0.1, 0.15) is 25.7 Å². The van der Waals surface area contributed by atoms with Crippen molar-refractivity contribution in [2.75, 3.05) is 13.7 Å². The molecule has 2 aromatic rings. The van der Waals surface area contributed by atoms with E-state index in [1.165, 1.54) is 12.8 Å². The molecule has 0 saturated carbocycles. The second-order valence-electron chi connectivity index (χ2n) is 7.03. The maximum absolute atomic E-state index is 12.6. The van der Waals surface area contributed by atoms with E-state index >= 15 is 0 Å². The Morgan fingerprint density at radius 2 is 1.80 bits per heavy atom. The molecule has 2 aromatic carbocycles. The van der Waals surface area contributed by atoms with E-state index in [0.717, 1.165) is 29.4 Å². The van der Waals surface area contributed by atoms with E-state index in [1.807, 2.05) is 42.3 Å². The van der Waals surface area contributed by atoms with Gasteiger partial charge in [0.15, 0.2) is 6.61 Å². The maximum Gasteiger partial charge on any atom is 0.260 e. The third-order valence-electron chi connectivity index (χ3n) is 5.49. The number of nitrogens with one attached hydrogen (secondary N) is 1. The topological polar surface area (TPSA) is 41.6 Å². The molecule has 4 rings (SSSR count). The predicted molar refractivity (Wildman–Crippen MR) is 102 cm³/mol. The highest BCUT2D eigenvalue weighted by Gasteiger charge is 2.36. The highest BCUT2D eigenvalue weighted by molar-refractivity contribution is 5.88. The van der Waals surface area contributed by atoms with Crippen LogP contribution < -0.4 is 10.1 Å². The number of likely N-dealkylation sites (N-methyl/N-ethyl adjacent to an activating group) is 1. The summed E-state index contributed by atoms with van der Waals surface area (Å²) in [4.78, 5) is 14.5. The van der Waals surface area contributed by atoms with Gasteiger partial charge < -0.3 is 15.0 Å². The first-order valence-electron chi connectivity index (χ1n) is 8.83. The Kier molecular flexibility index (Phi) is 5.50. The summed E-state index contributed by atoms with van der Waals surface area (Å²) in [5.41, 5.74) is 0. The lowest BCUT2D eigenvalue weighted by Gasteiger charge is -2.35. The first-order valence-corrected chi connectivity index (χ1v) is 8.83. The molecule has 0 aromatic heterocycles. The predicted octanol–water partition coefficient (Wildman–Crippen LogP) is 3.38. The Bertz CT molecular complexity index is 734. The quantitative estimate of drug-likeness (QED) is 0.908. The van der Waals surface area contributed by atoms with Gasteiger partial charge in [-0.05, 0) is 37.1 Å². The van der Waals surface area contributed by atoms with Crippen LogP contribution in [0.2, 0.25) is 0 Å². The minimum atomic E-state index is 0. The molecule has 5 heteroatoms. The number of hydrogen-bond acceptors (Lipinski definition) is 3. The molecular formula is C20H25ClN2O2. The average Bonchev–Trinajstić information content (AvgIpc) is 2.96. The fourth-order valence-corrected chi connectivity index (χ4v) is 4.11. The summed E-state index contributed by atoms with van der Waals surface area (Å²) in [6.45, 7) is 0.101. The summed E-state index contributed by atoms with van der Waals surface area (Å²) in [7, 11) is 1.92. The standard InChI is InChI=1S/C20H24N2O2.ClH/c1-22(17-11-15-9-10-16(12-17)21-15)20(23)13-24-19-8-4-6-14-5-2-3-7-18(14)19;/h2-8,15-17,21H,9-13H2,1H3;1H. The van der Waals surface area contributed by atoms with Gasteiger partial charge in [-0.3, -0.25) is 4.79 Å². The molecule has 2 saturated heterocycles. The monoisotopic (exact) mass is 360 g/mol. The molecule has 2 atom stereocenters. The molecule has 1 amide bonds. The lowest BCUT2D eigenvalue weighted by molar-refractivity contribution is -0.134. The van der Waals surface area contributed by atoms with Crippen LogP contribution >= 0.6 is 12.4 Å². The minimum Gasteiger partial charge on any atom is -0.483 e. The molecule has 2 bridgehead atoms. The SMILES string of the molecule is CN(C(=O)COc1cccc2ccccc12)C1CC2CCC(C1)N2.Cl. The van der Waals surface area contributed by atoms with Gasteiger partial charge in [-0.1, -0.05) is 36.4 Å². The van der Waals surface area contributed by atoms with Gasteiger partial charge in [0.1, 0.15) is 5.75 Å². The lowest BCUT2D eigenvalue weighted by Crippen LogP contribution is -2.49. The van der Waals surface area contributed by atoms with Gasteiger partial charge in [0.2, 0.25) is 0 Å². The number of ether oxygens (including phenoxy) is 1. The van der Waals surface area contributed by atoms with E-state index < -0.39 is 0 Å². The molecule has 25 heavy (non-hydrogen) atoms. The summed E-state index contributed by atoms with van der Waals surface area (Å²) in [6, 6.07) is 15.6. The molecular weight excluding hydrogens is 336 g/mol. The van der Waals surface area contributed by atoms with Gasteiger partial charge in [-0.15, -0.1) is 12.4 Å². The van der Waals surface area contributed by atoms with Crippen molar-refractivity contribution in [2.45, 2.75) is 43.8 Å². The summed E-state index contributed by atoms with van der Waals surface area (Å²) in [5.74, 6) is 0.842. The number of benzene rings is 2. The van der Waals surface area contributed by atoms with Crippen molar-refractivity contribution in [1.29, 1.82) is 0 Å². The number of nitrogens with zero attached hydrogens (tertiary/aromatic N) is 1. The van der Waals surface area contributed by atoms with Crippen molar-refractivity contribution in [3.8, 4) is 5.75 Å². The molecule has 2 fully saturated rings. The largest absolute Gasteiger partial charge is 0.483 e. The Morgan fingerprint density at radius 1 is 1.12 bits per heavy atom. The van der Waals surface area contributed by atoms with Crippen molar-refractivity contribution in [1.82, 2.24) is 10.2 Å². The molecule has 2 unspecified atom stereocenters. The van der Waals surface area contributed by atoms with Crippen LogP contribution in [0.3, 0.4) is 0 Å². The number of halogens is 1. The van der Waals surface area contributed by atoms with Gasteiger partial charge in [-0.2, -0.15) is 0 Å². The normalized spacial score (nSPS) is 24.6. The van der Waals surface area contributed by atoms with Gasteiger partial charge in [-0.25, -0.2) is 0 Å². The van der Waals surface area contributed by atoms with Crippen molar-refractivity contribution in [3.63, 3.8) is 0 Å². The van der Waals surface area contributed by atoms with Gasteiger partial charge in [0, 0.05) is 30.6 Å². The molecule has 0 aliphatic carbocycles. The van der Waals surface area contributed by atoms with Gasteiger partial charge >= 0.3 is 0 Å². The van der Waals surface area contributed by atoms with Crippen molar-refractivity contribution >= 4 is 29.1 Å². The van der Waals surface area contributed by atoms with Crippen molar-refractivity contribution < 1.29 is 9.53 Å². The van der Waals surface area contributed by atoms with Gasteiger partial charge in [0.05, 0.1) is 0 Å². The van der Waals surface area contributed by atoms with Crippen LogP contribution in [0.15, 0.2) is 42.5 Å². The number of hydrogen-bond donors (Lipinski definition) is 1. The number of fused-ring (bicyclic) bond motifs is 3. The van der Waals surface area contributed by atoms with Gasteiger partial charge in [0.25, 0.3) is 5.91 Å². The number of carbonyl (C=O) groups excluding carboxylic acids is 1. The highest BCUT2D eigenvalue weighted by Crippen LogP contribution is 2.29. The van der Waals surface area contributed by atoms with E-state index in [9.17, 15) is 4.79 Å². The zero-order valence-corrected chi connectivity index (χ0v) is 15.3. The van der Waals surface area contributed by atoms with Crippen LogP contribution in [-0.4, -0.2) is 42.6 Å². The molecule has 1 N–H and O–H groups in total. The van der Waals surface area contributed by atoms with Crippen LogP contribution in [0.5, 0.6) is 5.75 Å². The highest BCUT2D eigenvalue weighted by atomic mass is 35.5.